The molecule has 0 unspecified atom stereocenters. The number of amidine groups is 1. The molecule has 0 saturated heterocycles. The first-order chi connectivity index (χ1) is 38.0. The Balaban J connectivity index is 0.839. The standard InChI is InChI=1S/C73H53N5/c1-72(2)61-17-9-5-13-51(61)53-31-29-49(41-63(53)72)77-65-19-11-7-15-55(65)57-37-44(23-33-67(57)77)46-25-35-69-59(39-46)60-40-47(26-36-70(60)76(69)48-27-21-43(22-28-48)71(74)75)45-24-34-68-58(38-45)56-16-8-12-20-66(56)78(68)50-30-32-54-52-14-6-10-18-62(52)73(3,4)64(54)42-50/h5-42H,1-4H3,(H3,74,75). The van der Waals surface area contributed by atoms with E-state index in [2.05, 4.69) is 260 Å². The van der Waals surface area contributed by atoms with E-state index in [-0.39, 0.29) is 16.7 Å². The molecule has 0 spiro atoms. The SMILES string of the molecule is CC1(C)c2ccccc2-c2ccc(-n3c4ccccc4c4cc(-c5ccc6c(c5)c5cc(-c7ccc8c(c7)c7ccccc7n8-c7ccc8c(c7)C(C)(C)c7ccccc7-8)ccc5n6-c5ccc(C(=N)N)cc5)ccc43)cc21. The van der Waals surface area contributed by atoms with Crippen molar-refractivity contribution in [1.82, 2.24) is 13.7 Å². The Labute approximate surface area is 452 Å². The number of para-hydroxylation sites is 2. The van der Waals surface area contributed by atoms with Gasteiger partial charge in [0.1, 0.15) is 5.84 Å². The molecule has 0 saturated carbocycles. The molecule has 0 aliphatic heterocycles. The number of nitrogens with two attached hydrogens (primary N) is 1. The van der Waals surface area contributed by atoms with E-state index in [1.165, 1.54) is 121 Å². The van der Waals surface area contributed by atoms with E-state index >= 15 is 0 Å². The molecule has 78 heavy (non-hydrogen) atoms. The van der Waals surface area contributed by atoms with Crippen molar-refractivity contribution >= 4 is 71.3 Å². The van der Waals surface area contributed by atoms with Crippen molar-refractivity contribution in [2.75, 3.05) is 0 Å². The quantitative estimate of drug-likeness (QED) is 0.127. The second kappa shape index (κ2) is 15.9. The maximum absolute atomic E-state index is 8.13. The van der Waals surface area contributed by atoms with E-state index in [0.717, 1.165) is 27.8 Å². The largest absolute Gasteiger partial charge is 0.384 e. The monoisotopic (exact) mass is 999 g/mol. The van der Waals surface area contributed by atoms with Crippen LogP contribution in [0.15, 0.2) is 231 Å². The molecule has 0 fully saturated rings. The lowest BCUT2D eigenvalue weighted by Gasteiger charge is -2.22. The molecule has 0 amide bonds. The van der Waals surface area contributed by atoms with Crippen LogP contribution in [0.4, 0.5) is 0 Å². The number of nitrogen functional groups attached to an aromatic ring is 1. The Kier molecular flexibility index (Phi) is 9.10. The van der Waals surface area contributed by atoms with Gasteiger partial charge in [0, 0.05) is 65.8 Å². The van der Waals surface area contributed by atoms with E-state index in [1.807, 2.05) is 12.1 Å². The molecule has 2 aliphatic rings. The second-order valence-corrected chi connectivity index (χ2v) is 22.7. The second-order valence-electron chi connectivity index (χ2n) is 22.7. The fraction of sp³-hybridized carbons (Fsp3) is 0.0822. The Morgan fingerprint density at radius 1 is 0.308 bits per heavy atom. The molecule has 3 aromatic heterocycles. The van der Waals surface area contributed by atoms with Gasteiger partial charge in [-0.1, -0.05) is 149 Å². The lowest BCUT2D eigenvalue weighted by Crippen LogP contribution is -2.15. The normalized spacial score (nSPS) is 13.9. The van der Waals surface area contributed by atoms with E-state index in [0.29, 0.717) is 5.56 Å². The predicted octanol–water partition coefficient (Wildman–Crippen LogP) is 18.2. The van der Waals surface area contributed by atoms with Gasteiger partial charge in [-0.3, -0.25) is 5.41 Å². The van der Waals surface area contributed by atoms with Gasteiger partial charge in [-0.15, -0.1) is 0 Å². The van der Waals surface area contributed by atoms with Gasteiger partial charge in [0.25, 0.3) is 0 Å². The molecule has 3 heterocycles. The highest BCUT2D eigenvalue weighted by Crippen LogP contribution is 2.51. The van der Waals surface area contributed by atoms with Gasteiger partial charge in [-0.25, -0.2) is 0 Å². The number of nitrogens with zero attached hydrogens (tertiary/aromatic N) is 3. The molecule has 370 valence electrons. The molecular weight excluding hydrogens is 947 g/mol. The van der Waals surface area contributed by atoms with Crippen LogP contribution in [0, 0.1) is 5.41 Å². The van der Waals surface area contributed by atoms with Gasteiger partial charge in [0.05, 0.1) is 33.1 Å². The number of hydrogen-bond donors (Lipinski definition) is 2. The maximum Gasteiger partial charge on any atom is 0.122 e. The van der Waals surface area contributed by atoms with Crippen molar-refractivity contribution in [3.05, 3.63) is 258 Å². The first kappa shape index (κ1) is 44.6. The molecule has 2 aliphatic carbocycles. The number of fused-ring (bicyclic) bond motifs is 15. The van der Waals surface area contributed by atoms with E-state index < -0.39 is 0 Å². The zero-order chi connectivity index (χ0) is 52.3. The summed E-state index contributed by atoms with van der Waals surface area (Å²) in [4.78, 5) is 0. The smallest absolute Gasteiger partial charge is 0.122 e. The van der Waals surface area contributed by atoms with Crippen molar-refractivity contribution < 1.29 is 0 Å². The van der Waals surface area contributed by atoms with Crippen LogP contribution in [0.5, 0.6) is 0 Å². The van der Waals surface area contributed by atoms with E-state index in [9.17, 15) is 0 Å². The minimum absolute atomic E-state index is 0.0580. The highest BCUT2D eigenvalue weighted by Gasteiger charge is 2.37. The van der Waals surface area contributed by atoms with Crippen LogP contribution in [-0.4, -0.2) is 19.5 Å². The third-order valence-electron chi connectivity index (χ3n) is 17.9. The van der Waals surface area contributed by atoms with Gasteiger partial charge in [-0.2, -0.15) is 0 Å². The number of rotatable bonds is 6. The van der Waals surface area contributed by atoms with Gasteiger partial charge in [0.15, 0.2) is 0 Å². The summed E-state index contributed by atoms with van der Waals surface area (Å²) in [5, 5.41) is 15.4. The maximum atomic E-state index is 8.13. The fourth-order valence-corrected chi connectivity index (χ4v) is 14.0. The summed E-state index contributed by atoms with van der Waals surface area (Å²) in [6.07, 6.45) is 0. The minimum atomic E-state index is -0.0978. The molecule has 0 atom stereocenters. The van der Waals surface area contributed by atoms with Crippen molar-refractivity contribution in [1.29, 1.82) is 5.41 Å². The minimum Gasteiger partial charge on any atom is -0.384 e. The van der Waals surface area contributed by atoms with Crippen molar-refractivity contribution in [3.63, 3.8) is 0 Å². The number of nitrogens with one attached hydrogen (secondary N) is 1. The molecule has 16 rings (SSSR count). The van der Waals surface area contributed by atoms with Crippen LogP contribution >= 0.6 is 0 Å². The molecule has 11 aromatic carbocycles. The van der Waals surface area contributed by atoms with Crippen LogP contribution in [0.3, 0.4) is 0 Å². The van der Waals surface area contributed by atoms with Crippen LogP contribution in [0.25, 0.3) is 127 Å². The molecule has 14 aromatic rings. The van der Waals surface area contributed by atoms with Gasteiger partial charge >= 0.3 is 0 Å². The number of aromatic nitrogens is 3. The van der Waals surface area contributed by atoms with Crippen LogP contribution in [0.2, 0.25) is 0 Å². The lowest BCUT2D eigenvalue weighted by molar-refractivity contribution is 0.660. The van der Waals surface area contributed by atoms with E-state index in [1.54, 1.807) is 0 Å². The molecule has 0 radical (unpaired) electrons. The third kappa shape index (κ3) is 6.15. The molecular formula is C73H53N5. The van der Waals surface area contributed by atoms with Crippen molar-refractivity contribution in [2.45, 2.75) is 38.5 Å². The summed E-state index contributed by atoms with van der Waals surface area (Å²) >= 11 is 0. The molecule has 5 heteroatoms. The summed E-state index contributed by atoms with van der Waals surface area (Å²) in [7, 11) is 0. The Hall–Kier alpha value is -9.71. The molecule has 0 bridgehead atoms. The topological polar surface area (TPSA) is 64.7 Å². The predicted molar refractivity (Wildman–Crippen MR) is 326 cm³/mol. The third-order valence-corrected chi connectivity index (χ3v) is 17.9. The van der Waals surface area contributed by atoms with Gasteiger partial charge in [-0.05, 0) is 176 Å². The average molecular weight is 1000 g/mol. The van der Waals surface area contributed by atoms with Crippen LogP contribution in [0.1, 0.15) is 55.5 Å². The van der Waals surface area contributed by atoms with Crippen LogP contribution in [-0.2, 0) is 10.8 Å². The highest BCUT2D eigenvalue weighted by molar-refractivity contribution is 6.15. The molecule has 3 N–H and O–H groups in total. The summed E-state index contributed by atoms with van der Waals surface area (Å²) in [5.74, 6) is 0.0580. The van der Waals surface area contributed by atoms with Gasteiger partial charge in [0.2, 0.25) is 0 Å². The highest BCUT2D eigenvalue weighted by atomic mass is 15.0. The summed E-state index contributed by atoms with van der Waals surface area (Å²) in [6, 6.07) is 85.4. The fourth-order valence-electron chi connectivity index (χ4n) is 14.0. The summed E-state index contributed by atoms with van der Waals surface area (Å²) in [5.41, 5.74) is 32.3. The zero-order valence-electron chi connectivity index (χ0n) is 43.9. The number of benzene rings is 11. The Morgan fingerprint density at radius 3 is 1.04 bits per heavy atom. The number of hydrogen-bond acceptors (Lipinski definition) is 1. The van der Waals surface area contributed by atoms with Crippen LogP contribution < -0.4 is 5.73 Å². The van der Waals surface area contributed by atoms with Crippen molar-refractivity contribution in [2.24, 2.45) is 5.73 Å². The molecule has 5 nitrogen and oxygen atoms in total. The first-order valence-electron chi connectivity index (χ1n) is 27.1. The van der Waals surface area contributed by atoms with E-state index in [4.69, 9.17) is 11.1 Å². The van der Waals surface area contributed by atoms with Crippen molar-refractivity contribution in [3.8, 4) is 61.6 Å². The zero-order valence-corrected chi connectivity index (χ0v) is 43.9. The Morgan fingerprint density at radius 2 is 0.628 bits per heavy atom. The average Bonchev–Trinajstić information content (AvgIpc) is 4.40. The first-order valence-corrected chi connectivity index (χ1v) is 27.1. The van der Waals surface area contributed by atoms with Gasteiger partial charge < -0.3 is 19.4 Å². The lowest BCUT2D eigenvalue weighted by atomic mass is 9.82. The summed E-state index contributed by atoms with van der Waals surface area (Å²) in [6.45, 7) is 9.42. The Bertz CT molecular complexity index is 4650. The summed E-state index contributed by atoms with van der Waals surface area (Å²) < 4.78 is 7.25.